The van der Waals surface area contributed by atoms with Crippen LogP contribution in [-0.4, -0.2) is 37.0 Å². The third-order valence-electron chi connectivity index (χ3n) is 4.57. The Kier molecular flexibility index (Phi) is 5.82. The molecule has 0 aliphatic carbocycles. The highest BCUT2D eigenvalue weighted by atomic mass is 35.5. The van der Waals surface area contributed by atoms with Gasteiger partial charge in [0.2, 0.25) is 0 Å². The topological polar surface area (TPSA) is 93.7 Å². The molecule has 8 nitrogen and oxygen atoms in total. The number of furan rings is 1. The molecule has 0 saturated carbocycles. The largest absolute Gasteiger partial charge is 0.463 e. The summed E-state index contributed by atoms with van der Waals surface area (Å²) < 4.78 is 9.65. The van der Waals surface area contributed by atoms with Gasteiger partial charge in [0.15, 0.2) is 16.2 Å². The number of carbonyl (C=O) groups excluding carboxylic acids is 1. The van der Waals surface area contributed by atoms with Crippen LogP contribution in [0.2, 0.25) is 5.02 Å². The van der Waals surface area contributed by atoms with E-state index in [2.05, 4.69) is 20.6 Å². The maximum atomic E-state index is 12.7. The molecule has 2 N–H and O–H groups in total. The van der Waals surface area contributed by atoms with Crippen LogP contribution in [-0.2, 0) is 13.0 Å². The normalized spacial score (nSPS) is 11.0. The fraction of sp³-hybridized carbons (Fsp3) is 0.200. The zero-order valence-electron chi connectivity index (χ0n) is 16.1. The third-order valence-corrected chi connectivity index (χ3v) is 5.14. The van der Waals surface area contributed by atoms with Crippen molar-refractivity contribution in [1.29, 1.82) is 0 Å². The van der Waals surface area contributed by atoms with E-state index in [9.17, 15) is 4.79 Å². The van der Waals surface area contributed by atoms with Crippen molar-refractivity contribution >= 4 is 29.7 Å². The summed E-state index contributed by atoms with van der Waals surface area (Å²) in [4.78, 5) is 12.7. The van der Waals surface area contributed by atoms with Gasteiger partial charge in [0.1, 0.15) is 11.5 Å². The van der Waals surface area contributed by atoms with Gasteiger partial charge in [-0.25, -0.2) is 4.68 Å². The molecule has 3 heterocycles. The molecular formula is C20H19ClN6O2S. The minimum absolute atomic E-state index is 0.283. The monoisotopic (exact) mass is 442 g/mol. The Balaban J connectivity index is 1.55. The van der Waals surface area contributed by atoms with Gasteiger partial charge >= 0.3 is 0 Å². The first-order valence-corrected chi connectivity index (χ1v) is 10.2. The number of rotatable bonds is 7. The van der Waals surface area contributed by atoms with Crippen molar-refractivity contribution in [2.24, 2.45) is 0 Å². The van der Waals surface area contributed by atoms with E-state index in [0.717, 1.165) is 18.1 Å². The molecule has 0 aliphatic rings. The van der Waals surface area contributed by atoms with Crippen LogP contribution in [0.1, 0.15) is 23.2 Å². The number of nitrogens with zero attached hydrogens (tertiary/aromatic N) is 4. The first kappa shape index (κ1) is 20.1. The van der Waals surface area contributed by atoms with Crippen molar-refractivity contribution < 1.29 is 9.21 Å². The van der Waals surface area contributed by atoms with Gasteiger partial charge in [-0.05, 0) is 55.5 Å². The SMILES string of the molecule is CCn1c(CCNC(=O)c2cc(-c3ccco3)n(-c3ccc(Cl)cc3)n2)n[nH]c1=S. The number of carbonyl (C=O) groups is 1. The van der Waals surface area contributed by atoms with Crippen molar-refractivity contribution in [2.45, 2.75) is 19.9 Å². The Morgan fingerprint density at radius 3 is 2.80 bits per heavy atom. The van der Waals surface area contributed by atoms with Crippen LogP contribution >= 0.6 is 23.8 Å². The summed E-state index contributed by atoms with van der Waals surface area (Å²) in [5.74, 6) is 1.12. The molecule has 1 amide bonds. The quantitative estimate of drug-likeness (QED) is 0.421. The van der Waals surface area contributed by atoms with Crippen molar-refractivity contribution in [1.82, 2.24) is 29.9 Å². The lowest BCUT2D eigenvalue weighted by atomic mass is 10.2. The Morgan fingerprint density at radius 2 is 2.10 bits per heavy atom. The first-order valence-electron chi connectivity index (χ1n) is 9.39. The van der Waals surface area contributed by atoms with Crippen LogP contribution in [0.4, 0.5) is 0 Å². The summed E-state index contributed by atoms with van der Waals surface area (Å²) in [5.41, 5.74) is 1.72. The third kappa shape index (κ3) is 4.07. The molecule has 0 aliphatic heterocycles. The van der Waals surface area contributed by atoms with Gasteiger partial charge in [0.25, 0.3) is 5.91 Å². The summed E-state index contributed by atoms with van der Waals surface area (Å²) in [6.07, 6.45) is 2.13. The molecule has 0 bridgehead atoms. The smallest absolute Gasteiger partial charge is 0.271 e. The highest BCUT2D eigenvalue weighted by Gasteiger charge is 2.18. The molecule has 154 valence electrons. The molecule has 1 aromatic carbocycles. The number of benzene rings is 1. The Bertz CT molecular complexity index is 1210. The molecule has 0 atom stereocenters. The van der Waals surface area contributed by atoms with E-state index in [1.165, 1.54) is 0 Å². The predicted octanol–water partition coefficient (Wildman–Crippen LogP) is 4.03. The average Bonchev–Trinajstić information content (AvgIpc) is 3.48. The van der Waals surface area contributed by atoms with Crippen molar-refractivity contribution in [2.75, 3.05) is 6.54 Å². The number of hydrogen-bond acceptors (Lipinski definition) is 5. The van der Waals surface area contributed by atoms with Crippen LogP contribution in [0.3, 0.4) is 0 Å². The predicted molar refractivity (Wildman–Crippen MR) is 115 cm³/mol. The van der Waals surface area contributed by atoms with Crippen LogP contribution in [0.15, 0.2) is 53.1 Å². The number of hydrogen-bond donors (Lipinski definition) is 2. The molecule has 0 radical (unpaired) electrons. The minimum Gasteiger partial charge on any atom is -0.463 e. The van der Waals surface area contributed by atoms with E-state index in [4.69, 9.17) is 28.2 Å². The average molecular weight is 443 g/mol. The second-order valence-corrected chi connectivity index (χ2v) is 7.30. The van der Waals surface area contributed by atoms with Crippen LogP contribution in [0.5, 0.6) is 0 Å². The summed E-state index contributed by atoms with van der Waals surface area (Å²) in [6, 6.07) is 12.5. The number of amides is 1. The molecule has 4 aromatic rings. The summed E-state index contributed by atoms with van der Waals surface area (Å²) in [7, 11) is 0. The van der Waals surface area contributed by atoms with Gasteiger partial charge in [-0.3, -0.25) is 9.89 Å². The number of nitrogens with one attached hydrogen (secondary N) is 2. The van der Waals surface area contributed by atoms with Crippen LogP contribution in [0.25, 0.3) is 17.1 Å². The second-order valence-electron chi connectivity index (χ2n) is 6.48. The molecule has 30 heavy (non-hydrogen) atoms. The molecular weight excluding hydrogens is 424 g/mol. The zero-order valence-corrected chi connectivity index (χ0v) is 17.7. The number of halogens is 1. The molecule has 0 spiro atoms. The van der Waals surface area contributed by atoms with Gasteiger partial charge < -0.3 is 14.3 Å². The van der Waals surface area contributed by atoms with E-state index in [-0.39, 0.29) is 11.6 Å². The van der Waals surface area contributed by atoms with Gasteiger partial charge in [-0.15, -0.1) is 0 Å². The first-order chi connectivity index (χ1) is 14.6. The Morgan fingerprint density at radius 1 is 1.30 bits per heavy atom. The Labute approximate surface area is 182 Å². The van der Waals surface area contributed by atoms with Crippen LogP contribution < -0.4 is 5.32 Å². The molecule has 0 unspecified atom stereocenters. The van der Waals surface area contributed by atoms with Gasteiger partial charge in [0, 0.05) is 30.6 Å². The van der Waals surface area contributed by atoms with Crippen LogP contribution in [0, 0.1) is 4.77 Å². The fourth-order valence-electron chi connectivity index (χ4n) is 3.12. The highest BCUT2D eigenvalue weighted by molar-refractivity contribution is 7.71. The maximum Gasteiger partial charge on any atom is 0.271 e. The lowest BCUT2D eigenvalue weighted by molar-refractivity contribution is 0.0948. The zero-order chi connectivity index (χ0) is 21.1. The lowest BCUT2D eigenvalue weighted by Crippen LogP contribution is -2.27. The maximum absolute atomic E-state index is 12.7. The van der Waals surface area contributed by atoms with E-state index in [1.807, 2.05) is 29.7 Å². The Hall–Kier alpha value is -3.17. The fourth-order valence-corrected chi connectivity index (χ4v) is 3.52. The van der Waals surface area contributed by atoms with Gasteiger partial charge in [-0.2, -0.15) is 10.2 Å². The van der Waals surface area contributed by atoms with E-state index < -0.39 is 0 Å². The van der Waals surface area contributed by atoms with Crippen molar-refractivity contribution in [3.63, 3.8) is 0 Å². The highest BCUT2D eigenvalue weighted by Crippen LogP contribution is 2.25. The van der Waals surface area contributed by atoms with E-state index in [1.54, 1.807) is 35.2 Å². The minimum atomic E-state index is -0.285. The summed E-state index contributed by atoms with van der Waals surface area (Å²) in [6.45, 7) is 3.12. The van der Waals surface area contributed by atoms with Gasteiger partial charge in [-0.1, -0.05) is 11.6 Å². The summed E-state index contributed by atoms with van der Waals surface area (Å²) in [5, 5.41) is 15.0. The second kappa shape index (κ2) is 8.68. The number of aromatic amines is 1. The molecule has 10 heteroatoms. The van der Waals surface area contributed by atoms with Crippen molar-refractivity contribution in [3.05, 3.63) is 70.0 Å². The lowest BCUT2D eigenvalue weighted by Gasteiger charge is -2.06. The van der Waals surface area contributed by atoms with E-state index >= 15 is 0 Å². The molecule has 3 aromatic heterocycles. The number of aromatic nitrogens is 5. The van der Waals surface area contributed by atoms with Gasteiger partial charge in [0.05, 0.1) is 12.0 Å². The molecule has 4 rings (SSSR count). The summed E-state index contributed by atoms with van der Waals surface area (Å²) >= 11 is 11.2. The van der Waals surface area contributed by atoms with E-state index in [0.29, 0.717) is 34.2 Å². The van der Waals surface area contributed by atoms with Crippen molar-refractivity contribution in [3.8, 4) is 17.1 Å². The molecule has 0 saturated heterocycles. The molecule has 0 fully saturated rings. The number of H-pyrrole nitrogens is 1. The standard InChI is InChI=1S/C20H19ClN6O2S/c1-2-26-18(23-24-20(26)30)9-10-22-19(28)15-12-16(17-4-3-11-29-17)27(25-15)14-7-5-13(21)6-8-14/h3-8,11-12H,2,9-10H2,1H3,(H,22,28)(H,24,30).